The molecule has 7 nitrogen and oxygen atoms in total. The first-order valence-corrected chi connectivity index (χ1v) is 11.4. The third-order valence-corrected chi connectivity index (χ3v) is 5.98. The average Bonchev–Trinajstić information content (AvgIpc) is 3.59. The molecule has 0 saturated carbocycles. The monoisotopic (exact) mass is 477 g/mol. The molecule has 2 aromatic carbocycles. The molecule has 0 bridgehead atoms. The molecule has 0 saturated heterocycles. The smallest absolute Gasteiger partial charge is 0.173 e. The van der Waals surface area contributed by atoms with Crippen LogP contribution in [0.2, 0.25) is 0 Å². The molecule has 2 heterocycles. The van der Waals surface area contributed by atoms with Crippen LogP contribution in [0.5, 0.6) is 11.5 Å². The Morgan fingerprint density at radius 1 is 0.771 bits per heavy atom. The molecule has 7 heteroatoms. The van der Waals surface area contributed by atoms with Crippen molar-refractivity contribution in [2.75, 3.05) is 34.5 Å². The van der Waals surface area contributed by atoms with Gasteiger partial charge in [-0.3, -0.25) is 4.90 Å². The molecule has 4 aromatic rings. The minimum Gasteiger partial charge on any atom is -0.497 e. The van der Waals surface area contributed by atoms with Crippen LogP contribution in [0.3, 0.4) is 0 Å². The topological polar surface area (TPSA) is 77.4 Å². The molecule has 0 aliphatic rings. The zero-order valence-electron chi connectivity index (χ0n) is 20.3. The largest absolute Gasteiger partial charge is 0.497 e. The normalized spacial score (nSPS) is 11.7. The number of nitrogens with zero attached hydrogens (tertiary/aromatic N) is 1. The fraction of sp³-hybridized carbons (Fsp3) is 0.286. The number of hydrogen-bond donors (Lipinski definition) is 1. The van der Waals surface area contributed by atoms with E-state index in [2.05, 4.69) is 4.90 Å². The van der Waals surface area contributed by atoms with Crippen LogP contribution in [-0.4, -0.2) is 44.5 Å². The molecular weight excluding hydrogens is 446 g/mol. The van der Waals surface area contributed by atoms with E-state index in [0.29, 0.717) is 54.6 Å². The maximum absolute atomic E-state index is 12.1. The number of ether oxygens (including phenoxy) is 3. The number of hydrogen-bond acceptors (Lipinski definition) is 7. The van der Waals surface area contributed by atoms with Crippen molar-refractivity contribution < 1.29 is 28.2 Å². The molecule has 0 fully saturated rings. The predicted octanol–water partition coefficient (Wildman–Crippen LogP) is 4.82. The highest BCUT2D eigenvalue weighted by atomic mass is 16.5. The number of furan rings is 2. The Hall–Kier alpha value is -3.52. The second-order valence-corrected chi connectivity index (χ2v) is 8.22. The van der Waals surface area contributed by atoms with Crippen molar-refractivity contribution in [3.05, 3.63) is 107 Å². The molecule has 184 valence electrons. The molecule has 0 spiro atoms. The molecule has 0 radical (unpaired) electrons. The Morgan fingerprint density at radius 2 is 1.37 bits per heavy atom. The van der Waals surface area contributed by atoms with Crippen LogP contribution in [0.15, 0.2) is 87.9 Å². The van der Waals surface area contributed by atoms with Crippen LogP contribution >= 0.6 is 0 Å². The molecule has 35 heavy (non-hydrogen) atoms. The van der Waals surface area contributed by atoms with Crippen LogP contribution in [-0.2, 0) is 23.4 Å². The van der Waals surface area contributed by atoms with E-state index < -0.39 is 5.60 Å². The second-order valence-electron chi connectivity index (χ2n) is 8.22. The highest BCUT2D eigenvalue weighted by Gasteiger charge is 2.37. The number of methoxy groups -OCH3 is 3. The van der Waals surface area contributed by atoms with Crippen LogP contribution in [0.4, 0.5) is 0 Å². The standard InChI is InChI=1S/C28H31NO6/c1-31-18-16-29(19-25-5-4-17-34-25)20-26-14-15-27(35-26)28(30,21-6-10-23(32-2)11-7-21)22-8-12-24(33-3)13-9-22/h4-15,17,30H,16,18-20H2,1-3H3. The lowest BCUT2D eigenvalue weighted by Gasteiger charge is -2.28. The lowest BCUT2D eigenvalue weighted by molar-refractivity contribution is 0.0925. The van der Waals surface area contributed by atoms with Crippen molar-refractivity contribution in [1.82, 2.24) is 4.90 Å². The van der Waals surface area contributed by atoms with Crippen molar-refractivity contribution in [2.24, 2.45) is 0 Å². The summed E-state index contributed by atoms with van der Waals surface area (Å²) in [4.78, 5) is 2.17. The van der Waals surface area contributed by atoms with Gasteiger partial charge in [-0.25, -0.2) is 0 Å². The lowest BCUT2D eigenvalue weighted by Crippen LogP contribution is -2.28. The summed E-state index contributed by atoms with van der Waals surface area (Å²) >= 11 is 0. The van der Waals surface area contributed by atoms with Gasteiger partial charge >= 0.3 is 0 Å². The summed E-state index contributed by atoms with van der Waals surface area (Å²) in [6.45, 7) is 2.43. The van der Waals surface area contributed by atoms with Gasteiger partial charge in [0.15, 0.2) is 5.60 Å². The van der Waals surface area contributed by atoms with Crippen LogP contribution in [0.1, 0.15) is 28.4 Å². The molecule has 0 aliphatic heterocycles. The highest BCUT2D eigenvalue weighted by molar-refractivity contribution is 5.46. The molecule has 4 rings (SSSR count). The van der Waals surface area contributed by atoms with E-state index in [9.17, 15) is 5.11 Å². The molecular formula is C28H31NO6. The quantitative estimate of drug-likeness (QED) is 0.313. The van der Waals surface area contributed by atoms with Gasteiger partial charge in [0, 0.05) is 13.7 Å². The summed E-state index contributed by atoms with van der Waals surface area (Å²) in [5.41, 5.74) is -0.179. The van der Waals surface area contributed by atoms with Gasteiger partial charge < -0.3 is 28.2 Å². The van der Waals surface area contributed by atoms with Gasteiger partial charge in [0.05, 0.1) is 40.2 Å². The Balaban J connectivity index is 1.66. The van der Waals surface area contributed by atoms with E-state index in [4.69, 9.17) is 23.0 Å². The van der Waals surface area contributed by atoms with Crippen molar-refractivity contribution in [3.8, 4) is 11.5 Å². The number of rotatable bonds is 12. The molecule has 0 atom stereocenters. The minimum absolute atomic E-state index is 0.424. The number of benzene rings is 2. The van der Waals surface area contributed by atoms with Crippen molar-refractivity contribution >= 4 is 0 Å². The van der Waals surface area contributed by atoms with E-state index in [0.717, 1.165) is 11.5 Å². The van der Waals surface area contributed by atoms with Gasteiger partial charge in [-0.15, -0.1) is 0 Å². The number of aliphatic hydroxyl groups is 1. The van der Waals surface area contributed by atoms with Gasteiger partial charge in [0.2, 0.25) is 0 Å². The third-order valence-electron chi connectivity index (χ3n) is 5.98. The average molecular weight is 478 g/mol. The van der Waals surface area contributed by atoms with E-state index in [1.165, 1.54) is 0 Å². The maximum Gasteiger partial charge on any atom is 0.173 e. The first kappa shape index (κ1) is 24.6. The van der Waals surface area contributed by atoms with Crippen LogP contribution in [0.25, 0.3) is 0 Å². The van der Waals surface area contributed by atoms with Crippen LogP contribution < -0.4 is 9.47 Å². The summed E-state index contributed by atoms with van der Waals surface area (Å²) in [7, 11) is 4.91. The summed E-state index contributed by atoms with van der Waals surface area (Å²) in [6.07, 6.45) is 1.67. The Labute approximate surface area is 205 Å². The molecule has 2 aromatic heterocycles. The summed E-state index contributed by atoms with van der Waals surface area (Å²) in [6, 6.07) is 22.2. The molecule has 0 unspecified atom stereocenters. The van der Waals surface area contributed by atoms with E-state index in [1.54, 1.807) is 27.6 Å². The first-order chi connectivity index (χ1) is 17.1. The highest BCUT2D eigenvalue weighted by Crippen LogP contribution is 2.39. The van der Waals surface area contributed by atoms with Crippen molar-refractivity contribution in [3.63, 3.8) is 0 Å². The lowest BCUT2D eigenvalue weighted by atomic mass is 9.84. The summed E-state index contributed by atoms with van der Waals surface area (Å²) in [5.74, 6) is 3.42. The summed E-state index contributed by atoms with van der Waals surface area (Å²) in [5, 5.41) is 12.1. The fourth-order valence-electron chi connectivity index (χ4n) is 4.05. The van der Waals surface area contributed by atoms with E-state index in [1.807, 2.05) is 72.8 Å². The zero-order chi connectivity index (χ0) is 24.7. The third kappa shape index (κ3) is 5.59. The van der Waals surface area contributed by atoms with Gasteiger partial charge in [0.25, 0.3) is 0 Å². The summed E-state index contributed by atoms with van der Waals surface area (Å²) < 4.78 is 27.7. The molecule has 1 N–H and O–H groups in total. The van der Waals surface area contributed by atoms with Gasteiger partial charge in [-0.2, -0.15) is 0 Å². The van der Waals surface area contributed by atoms with Crippen molar-refractivity contribution in [2.45, 2.75) is 18.7 Å². The van der Waals surface area contributed by atoms with Gasteiger partial charge in [-0.05, 0) is 59.7 Å². The second kappa shape index (κ2) is 11.3. The Bertz CT molecular complexity index is 1120. The Morgan fingerprint density at radius 3 is 1.89 bits per heavy atom. The zero-order valence-corrected chi connectivity index (χ0v) is 20.3. The predicted molar refractivity (Wildman–Crippen MR) is 131 cm³/mol. The van der Waals surface area contributed by atoms with Gasteiger partial charge in [0.1, 0.15) is 28.8 Å². The minimum atomic E-state index is -1.50. The van der Waals surface area contributed by atoms with Crippen molar-refractivity contribution in [1.29, 1.82) is 0 Å². The maximum atomic E-state index is 12.1. The van der Waals surface area contributed by atoms with Crippen LogP contribution in [0, 0.1) is 0 Å². The first-order valence-electron chi connectivity index (χ1n) is 11.4. The van der Waals surface area contributed by atoms with Gasteiger partial charge in [-0.1, -0.05) is 24.3 Å². The molecule has 0 amide bonds. The van der Waals surface area contributed by atoms with E-state index in [-0.39, 0.29) is 0 Å². The SMILES string of the molecule is COCCN(Cc1ccco1)Cc1ccc(C(O)(c2ccc(OC)cc2)c2ccc(OC)cc2)o1. The van der Waals surface area contributed by atoms with E-state index >= 15 is 0 Å². The molecule has 0 aliphatic carbocycles. The fourth-order valence-corrected chi connectivity index (χ4v) is 4.05. The Kier molecular flexibility index (Phi) is 7.92.